The first-order valence-electron chi connectivity index (χ1n) is 5.92. The smallest absolute Gasteiger partial charge is 0.0931 e. The Bertz CT molecular complexity index is 327. The van der Waals surface area contributed by atoms with Crippen LogP contribution in [0.3, 0.4) is 0 Å². The fourth-order valence-corrected chi connectivity index (χ4v) is 2.17. The molecule has 1 unspecified atom stereocenters. The van der Waals surface area contributed by atoms with E-state index in [1.165, 1.54) is 5.75 Å². The molecular formula is C13H22N2OS. The molecule has 1 aromatic heterocycles. The molecule has 1 aromatic rings. The highest BCUT2D eigenvalue weighted by Crippen LogP contribution is 2.18. The van der Waals surface area contributed by atoms with Crippen LogP contribution in [0.4, 0.5) is 5.69 Å². The highest BCUT2D eigenvalue weighted by molar-refractivity contribution is 7.98. The molecule has 0 aliphatic carbocycles. The predicted octanol–water partition coefficient (Wildman–Crippen LogP) is 2.71. The molecule has 0 amide bonds. The summed E-state index contributed by atoms with van der Waals surface area (Å²) in [5.74, 6) is 1.17. The van der Waals surface area contributed by atoms with Gasteiger partial charge in [-0.1, -0.05) is 0 Å². The Morgan fingerprint density at radius 3 is 2.59 bits per heavy atom. The monoisotopic (exact) mass is 254 g/mol. The Morgan fingerprint density at radius 2 is 2.12 bits per heavy atom. The van der Waals surface area contributed by atoms with Gasteiger partial charge in [-0.2, -0.15) is 11.8 Å². The minimum atomic E-state index is -0.497. The van der Waals surface area contributed by atoms with E-state index in [-0.39, 0.29) is 0 Å². The van der Waals surface area contributed by atoms with Gasteiger partial charge in [-0.15, -0.1) is 0 Å². The van der Waals surface area contributed by atoms with Crippen LogP contribution in [-0.4, -0.2) is 35.2 Å². The van der Waals surface area contributed by atoms with Gasteiger partial charge in [0, 0.05) is 13.1 Å². The molecule has 1 rings (SSSR count). The molecule has 4 heteroatoms. The number of aliphatic hydroxyl groups excluding tert-OH is 1. The number of aliphatic hydroxyl groups is 1. The van der Waals surface area contributed by atoms with Crippen molar-refractivity contribution in [3.05, 3.63) is 24.0 Å². The van der Waals surface area contributed by atoms with Gasteiger partial charge in [0.2, 0.25) is 0 Å². The third-order valence-electron chi connectivity index (χ3n) is 3.01. The van der Waals surface area contributed by atoms with Gasteiger partial charge in [-0.25, -0.2) is 0 Å². The molecule has 0 radical (unpaired) electrons. The number of rotatable bonds is 6. The molecule has 0 aromatic carbocycles. The number of hydrogen-bond acceptors (Lipinski definition) is 4. The predicted molar refractivity (Wildman–Crippen MR) is 75.7 cm³/mol. The lowest BCUT2D eigenvalue weighted by atomic mass is 10.2. The van der Waals surface area contributed by atoms with E-state index in [4.69, 9.17) is 0 Å². The summed E-state index contributed by atoms with van der Waals surface area (Å²) >= 11 is 1.87. The fraction of sp³-hybridized carbons (Fsp3) is 0.615. The normalized spacial score (nSPS) is 14.4. The highest BCUT2D eigenvalue weighted by Gasteiger charge is 2.10. The van der Waals surface area contributed by atoms with E-state index < -0.39 is 6.10 Å². The number of pyridine rings is 1. The van der Waals surface area contributed by atoms with Gasteiger partial charge in [0.05, 0.1) is 23.7 Å². The number of thioether (sulfide) groups is 1. The van der Waals surface area contributed by atoms with Gasteiger partial charge >= 0.3 is 0 Å². The second kappa shape index (κ2) is 6.87. The van der Waals surface area contributed by atoms with Crippen molar-refractivity contribution in [1.29, 1.82) is 0 Å². The first-order chi connectivity index (χ1) is 8.06. The van der Waals surface area contributed by atoms with Crippen LogP contribution < -0.4 is 4.90 Å². The SMILES string of the molecule is CSCCC(C)N(C)c1ccc([C@H](C)O)nc1. The van der Waals surface area contributed by atoms with E-state index in [1.54, 1.807) is 6.92 Å². The van der Waals surface area contributed by atoms with Gasteiger partial charge in [-0.05, 0) is 44.4 Å². The Labute approximate surface area is 108 Å². The van der Waals surface area contributed by atoms with Crippen LogP contribution in [-0.2, 0) is 0 Å². The third-order valence-corrected chi connectivity index (χ3v) is 3.65. The molecule has 0 saturated carbocycles. The van der Waals surface area contributed by atoms with E-state index in [0.717, 1.165) is 17.8 Å². The van der Waals surface area contributed by atoms with Gasteiger partial charge in [0.25, 0.3) is 0 Å². The zero-order chi connectivity index (χ0) is 12.8. The summed E-state index contributed by atoms with van der Waals surface area (Å²) in [6.07, 6.45) is 4.63. The standard InChI is InChI=1S/C13H22N2OS/c1-10(7-8-17-4)15(3)12-5-6-13(11(2)16)14-9-12/h5-6,9-11,16H,7-8H2,1-4H3/t10?,11-/m0/s1. The van der Waals surface area contributed by atoms with E-state index in [9.17, 15) is 5.11 Å². The highest BCUT2D eigenvalue weighted by atomic mass is 32.2. The maximum atomic E-state index is 9.40. The molecule has 0 saturated heterocycles. The summed E-state index contributed by atoms with van der Waals surface area (Å²) in [6.45, 7) is 3.95. The van der Waals surface area contributed by atoms with Crippen LogP contribution in [0.5, 0.6) is 0 Å². The summed E-state index contributed by atoms with van der Waals surface area (Å²) in [5, 5.41) is 9.40. The Balaban J connectivity index is 2.65. The van der Waals surface area contributed by atoms with Crippen molar-refractivity contribution in [2.24, 2.45) is 0 Å². The van der Waals surface area contributed by atoms with E-state index in [0.29, 0.717) is 6.04 Å². The van der Waals surface area contributed by atoms with Gasteiger partial charge in [0.1, 0.15) is 0 Å². The zero-order valence-corrected chi connectivity index (χ0v) is 11.9. The van der Waals surface area contributed by atoms with Crippen LogP contribution in [0.2, 0.25) is 0 Å². The minimum absolute atomic E-state index is 0.497. The fourth-order valence-electron chi connectivity index (χ4n) is 1.59. The number of aromatic nitrogens is 1. The molecule has 0 fully saturated rings. The van der Waals surface area contributed by atoms with Gasteiger partial charge < -0.3 is 10.0 Å². The van der Waals surface area contributed by atoms with E-state index >= 15 is 0 Å². The Hall–Kier alpha value is -0.740. The lowest BCUT2D eigenvalue weighted by Crippen LogP contribution is -2.29. The molecule has 96 valence electrons. The van der Waals surface area contributed by atoms with Crippen molar-refractivity contribution in [3.63, 3.8) is 0 Å². The van der Waals surface area contributed by atoms with Crippen molar-refractivity contribution in [2.75, 3.05) is 24.0 Å². The van der Waals surface area contributed by atoms with Crippen molar-refractivity contribution in [1.82, 2.24) is 4.98 Å². The maximum Gasteiger partial charge on any atom is 0.0931 e. The molecule has 0 aliphatic rings. The number of anilines is 1. The lowest BCUT2D eigenvalue weighted by molar-refractivity contribution is 0.194. The van der Waals surface area contributed by atoms with Crippen LogP contribution in [0.25, 0.3) is 0 Å². The molecule has 1 heterocycles. The van der Waals surface area contributed by atoms with Crippen LogP contribution in [0.1, 0.15) is 32.1 Å². The molecule has 17 heavy (non-hydrogen) atoms. The van der Waals surface area contributed by atoms with Gasteiger partial charge in [0.15, 0.2) is 0 Å². The summed E-state index contributed by atoms with van der Waals surface area (Å²) < 4.78 is 0. The second-order valence-electron chi connectivity index (χ2n) is 4.36. The summed E-state index contributed by atoms with van der Waals surface area (Å²) in [6, 6.07) is 4.41. The summed E-state index contributed by atoms with van der Waals surface area (Å²) in [5.41, 5.74) is 1.82. The molecule has 2 atom stereocenters. The average molecular weight is 254 g/mol. The largest absolute Gasteiger partial charge is 0.387 e. The topological polar surface area (TPSA) is 36.4 Å². The van der Waals surface area contributed by atoms with Gasteiger partial charge in [-0.3, -0.25) is 4.98 Å². The molecule has 3 nitrogen and oxygen atoms in total. The Morgan fingerprint density at radius 1 is 1.41 bits per heavy atom. The first kappa shape index (κ1) is 14.3. The maximum absolute atomic E-state index is 9.40. The van der Waals surface area contributed by atoms with Crippen molar-refractivity contribution < 1.29 is 5.11 Å². The van der Waals surface area contributed by atoms with Crippen LogP contribution in [0, 0.1) is 0 Å². The first-order valence-corrected chi connectivity index (χ1v) is 7.31. The van der Waals surface area contributed by atoms with Crippen LogP contribution >= 0.6 is 11.8 Å². The van der Waals surface area contributed by atoms with Crippen molar-refractivity contribution in [3.8, 4) is 0 Å². The van der Waals surface area contributed by atoms with Crippen molar-refractivity contribution >= 4 is 17.4 Å². The minimum Gasteiger partial charge on any atom is -0.387 e. The third kappa shape index (κ3) is 4.21. The molecule has 1 N–H and O–H groups in total. The Kier molecular flexibility index (Phi) is 5.78. The summed E-state index contributed by atoms with van der Waals surface area (Å²) in [4.78, 5) is 6.50. The number of hydrogen-bond donors (Lipinski definition) is 1. The molecule has 0 bridgehead atoms. The zero-order valence-electron chi connectivity index (χ0n) is 11.1. The van der Waals surface area contributed by atoms with Crippen molar-refractivity contribution in [2.45, 2.75) is 32.4 Å². The summed E-state index contributed by atoms with van der Waals surface area (Å²) in [7, 11) is 2.09. The van der Waals surface area contributed by atoms with E-state index in [1.807, 2.05) is 30.1 Å². The lowest BCUT2D eigenvalue weighted by Gasteiger charge is -2.26. The second-order valence-corrected chi connectivity index (χ2v) is 5.34. The average Bonchev–Trinajstić information content (AvgIpc) is 2.35. The molecule has 0 aliphatic heterocycles. The quantitative estimate of drug-likeness (QED) is 0.847. The van der Waals surface area contributed by atoms with Crippen LogP contribution in [0.15, 0.2) is 18.3 Å². The number of nitrogens with zero attached hydrogens (tertiary/aromatic N) is 2. The molecule has 0 spiro atoms. The molecular weight excluding hydrogens is 232 g/mol. The van der Waals surface area contributed by atoms with E-state index in [2.05, 4.69) is 30.1 Å².